The second kappa shape index (κ2) is 26.3. The molecule has 6 amide bonds. The fourth-order valence-corrected chi connectivity index (χ4v) is 7.24. The first-order valence-corrected chi connectivity index (χ1v) is 22.8. The molecule has 0 saturated carbocycles. The molecule has 384 valence electrons. The van der Waals surface area contributed by atoms with Gasteiger partial charge in [0, 0.05) is 0 Å². The van der Waals surface area contributed by atoms with Crippen LogP contribution < -0.4 is 66.3 Å². The van der Waals surface area contributed by atoms with E-state index >= 15 is 0 Å². The van der Waals surface area contributed by atoms with E-state index < -0.39 is 121 Å². The molecule has 1 aliphatic heterocycles. The molecule has 0 radical (unpaired) electrons. The lowest BCUT2D eigenvalue weighted by Crippen LogP contribution is -2.61. The maximum Gasteiger partial charge on any atom is 0.254 e. The summed E-state index contributed by atoms with van der Waals surface area (Å²) >= 11 is 0. The van der Waals surface area contributed by atoms with Crippen molar-refractivity contribution in [3.63, 3.8) is 0 Å². The fraction of sp³-hybridized carbons (Fsp3) is 0.409. The number of nitrogens with zero attached hydrogens (tertiary/aromatic N) is 6. The van der Waals surface area contributed by atoms with Crippen LogP contribution in [0.25, 0.3) is 11.4 Å². The fourth-order valence-electron chi connectivity index (χ4n) is 7.24. The maximum absolute atomic E-state index is 14.1. The van der Waals surface area contributed by atoms with E-state index in [0.29, 0.717) is 25.7 Å². The molecular weight excluding hydrogens is 941 g/mol. The van der Waals surface area contributed by atoms with Crippen LogP contribution in [0.4, 0.5) is 0 Å². The monoisotopic (exact) mass is 998 g/mol. The molecule has 2 aromatic carbocycles. The highest BCUT2D eigenvalue weighted by Gasteiger charge is 2.39. The van der Waals surface area contributed by atoms with E-state index in [-0.39, 0.29) is 59.8 Å². The SMILES string of the molecule is NCCCC[C@H](N)C(=O)[C@@H]1NC(=O)c2ccccc2-n2cc(nn2)CNC(=O)[C@H](C(=O)CN)NC(=O)[C@H](C(=O)[C@@H](N)CCCCN)NC(=O)c2ccccc2-n2cc(nn2)CNC(=O)[C@H](C(=O)CN)NC1=O. The van der Waals surface area contributed by atoms with E-state index in [1.165, 1.54) is 60.9 Å². The van der Waals surface area contributed by atoms with Gasteiger partial charge in [-0.15, -0.1) is 10.2 Å². The minimum atomic E-state index is -2.07. The van der Waals surface area contributed by atoms with Crippen LogP contribution in [0, 0.1) is 0 Å². The third kappa shape index (κ3) is 14.1. The van der Waals surface area contributed by atoms with E-state index in [0.717, 1.165) is 9.36 Å². The van der Waals surface area contributed by atoms with Gasteiger partial charge >= 0.3 is 0 Å². The first-order valence-electron chi connectivity index (χ1n) is 22.8. The quantitative estimate of drug-likeness (QED) is 0.0367. The number of fused-ring (bicyclic) bond motifs is 8. The number of amides is 6. The Morgan fingerprint density at radius 2 is 0.903 bits per heavy atom. The molecule has 0 aliphatic carbocycles. The second-order valence-corrected chi connectivity index (χ2v) is 16.4. The van der Waals surface area contributed by atoms with Crippen LogP contribution in [0.1, 0.15) is 70.6 Å². The molecular formula is C44H58N18O10. The van der Waals surface area contributed by atoms with Crippen LogP contribution in [0.5, 0.6) is 0 Å². The lowest BCUT2D eigenvalue weighted by atomic mass is 9.98. The number of carbonyl (C=O) groups is 10. The second-order valence-electron chi connectivity index (χ2n) is 16.4. The van der Waals surface area contributed by atoms with Gasteiger partial charge in [-0.1, -0.05) is 47.5 Å². The van der Waals surface area contributed by atoms with Crippen molar-refractivity contribution in [2.45, 2.75) is 87.9 Å². The number of Topliss-reactive ketones (excluding diaryl/α,β-unsaturated/α-hetero) is 4. The molecule has 5 rings (SSSR count). The summed E-state index contributed by atoms with van der Waals surface area (Å²) in [7, 11) is 0. The van der Waals surface area contributed by atoms with Gasteiger partial charge < -0.3 is 66.3 Å². The third-order valence-corrected chi connectivity index (χ3v) is 11.2. The number of nitrogens with two attached hydrogens (primary N) is 6. The number of unbranched alkanes of at least 4 members (excludes halogenated alkanes) is 2. The highest BCUT2D eigenvalue weighted by molar-refractivity contribution is 6.16. The average Bonchev–Trinajstić information content (AvgIpc) is 4.08. The smallest absolute Gasteiger partial charge is 0.254 e. The highest BCUT2D eigenvalue weighted by atomic mass is 16.2. The van der Waals surface area contributed by atoms with Gasteiger partial charge in [0.15, 0.2) is 47.3 Å². The lowest BCUT2D eigenvalue weighted by Gasteiger charge is -2.24. The molecule has 0 unspecified atom stereocenters. The molecule has 72 heavy (non-hydrogen) atoms. The van der Waals surface area contributed by atoms with E-state index in [4.69, 9.17) is 34.4 Å². The molecule has 28 nitrogen and oxygen atoms in total. The van der Waals surface area contributed by atoms with Crippen LogP contribution in [-0.2, 0) is 51.4 Å². The van der Waals surface area contributed by atoms with Gasteiger partial charge in [-0.05, 0) is 63.0 Å². The molecule has 0 saturated heterocycles. The first-order chi connectivity index (χ1) is 34.5. The van der Waals surface area contributed by atoms with Gasteiger partial charge in [0.2, 0.25) is 0 Å². The largest absolute Gasteiger partial charge is 0.348 e. The van der Waals surface area contributed by atoms with Crippen molar-refractivity contribution in [2.75, 3.05) is 26.2 Å². The van der Waals surface area contributed by atoms with Gasteiger partial charge in [-0.25, -0.2) is 9.36 Å². The summed E-state index contributed by atoms with van der Waals surface area (Å²) < 4.78 is 2.25. The Bertz CT molecular complexity index is 2470. The van der Waals surface area contributed by atoms with Crippen molar-refractivity contribution in [1.82, 2.24) is 61.9 Å². The molecule has 0 spiro atoms. The van der Waals surface area contributed by atoms with E-state index in [2.05, 4.69) is 52.5 Å². The van der Waals surface area contributed by atoms with Gasteiger partial charge in [0.05, 0.1) is 73.2 Å². The summed E-state index contributed by atoms with van der Waals surface area (Å²) in [6, 6.07) is 0.759. The maximum atomic E-state index is 14.1. The van der Waals surface area contributed by atoms with E-state index in [1.807, 2.05) is 0 Å². The lowest BCUT2D eigenvalue weighted by molar-refractivity contribution is -0.138. The highest BCUT2D eigenvalue weighted by Crippen LogP contribution is 2.17. The summed E-state index contributed by atoms with van der Waals surface area (Å²) in [6.45, 7) is -1.77. The number of rotatable bonds is 16. The molecule has 4 aromatic rings. The summed E-state index contributed by atoms with van der Waals surface area (Å²) in [5, 5.41) is 30.2. The van der Waals surface area contributed by atoms with Gasteiger partial charge in [0.25, 0.3) is 35.4 Å². The minimum Gasteiger partial charge on any atom is -0.348 e. The predicted molar refractivity (Wildman–Crippen MR) is 253 cm³/mol. The number of ketones is 4. The summed E-state index contributed by atoms with van der Waals surface area (Å²) in [4.78, 5) is 138. The Hall–Kier alpha value is -8.02. The zero-order valence-corrected chi connectivity index (χ0v) is 39.0. The normalized spacial score (nSPS) is 19.2. The zero-order chi connectivity index (χ0) is 52.5. The Kier molecular flexibility index (Phi) is 20.0. The molecule has 3 heterocycles. The van der Waals surface area contributed by atoms with Crippen molar-refractivity contribution in [2.24, 2.45) is 34.4 Å². The number of hydrogen-bond acceptors (Lipinski definition) is 20. The number of aromatic nitrogens is 6. The number of hydrogen-bond donors (Lipinski definition) is 12. The van der Waals surface area contributed by atoms with Crippen molar-refractivity contribution in [3.8, 4) is 11.4 Å². The Balaban J connectivity index is 1.57. The number of benzene rings is 2. The third-order valence-electron chi connectivity index (χ3n) is 11.2. The van der Waals surface area contributed by atoms with Crippen molar-refractivity contribution in [1.29, 1.82) is 0 Å². The van der Waals surface area contributed by atoms with Crippen molar-refractivity contribution < 1.29 is 47.9 Å². The number of nitrogens with one attached hydrogen (secondary N) is 6. The molecule has 6 atom stereocenters. The summed E-state index contributed by atoms with van der Waals surface area (Å²) in [6.07, 6.45) is 4.44. The van der Waals surface area contributed by atoms with Crippen LogP contribution >= 0.6 is 0 Å². The molecule has 28 heteroatoms. The first kappa shape index (κ1) is 54.9. The van der Waals surface area contributed by atoms with Crippen LogP contribution in [0.2, 0.25) is 0 Å². The van der Waals surface area contributed by atoms with Crippen molar-refractivity contribution in [3.05, 3.63) is 83.4 Å². The molecule has 4 bridgehead atoms. The average molecular weight is 999 g/mol. The predicted octanol–water partition coefficient (Wildman–Crippen LogP) is -5.93. The topological polar surface area (TPSA) is 460 Å². The molecule has 1 aliphatic rings. The molecule has 0 fully saturated rings. The number of carbonyl (C=O) groups excluding carboxylic acids is 10. The van der Waals surface area contributed by atoms with Crippen LogP contribution in [0.15, 0.2) is 60.9 Å². The van der Waals surface area contributed by atoms with Gasteiger partial charge in [-0.3, -0.25) is 47.9 Å². The Morgan fingerprint density at radius 1 is 0.528 bits per heavy atom. The summed E-state index contributed by atoms with van der Waals surface area (Å²) in [5.74, 6) is -10.7. The van der Waals surface area contributed by atoms with Crippen LogP contribution in [0.3, 0.4) is 0 Å². The molecule has 18 N–H and O–H groups in total. The van der Waals surface area contributed by atoms with Gasteiger partial charge in [0.1, 0.15) is 11.4 Å². The van der Waals surface area contributed by atoms with Gasteiger partial charge in [-0.2, -0.15) is 0 Å². The molecule has 2 aromatic heterocycles. The van der Waals surface area contributed by atoms with E-state index in [1.54, 1.807) is 0 Å². The Morgan fingerprint density at radius 3 is 1.26 bits per heavy atom. The van der Waals surface area contributed by atoms with Crippen LogP contribution in [-0.4, -0.2) is 151 Å². The Labute approximate surface area is 410 Å². The minimum absolute atomic E-state index is 0.0451. The zero-order valence-electron chi connectivity index (χ0n) is 39.0. The van der Waals surface area contributed by atoms with Crippen molar-refractivity contribution >= 4 is 58.6 Å². The summed E-state index contributed by atoms with van der Waals surface area (Å²) in [5.41, 5.74) is 34.8. The standard InChI is InChI=1S/C44H58N18O10/c45-15-7-5-11-27(49)37(65)35-43(71)53-33(31(63)17-47)41(69)52-20-24-22-62(60-58-24)30-14-4-2-10-26(30)40(68)56-36(38(66)28(50)12-6-8-16-46)44(72)54-34(32(64)18-48)42(70)51-19-23-21-61(59-57-23)29-13-3-1-9-25(29)39(67)55-35/h1-4,9-10,13-14,21-22,27-28,33-36H,5-8,11-12,15-20,45-50H2,(H,51,70)(H,52,69)(H,53,71)(H,54,72)(H,55,67)(H,56,68)/t27-,28-,33-,34-,35-,36-/m0/s1. The van der Waals surface area contributed by atoms with E-state index in [9.17, 15) is 47.9 Å². The number of para-hydroxylation sites is 2.